The normalized spacial score (nSPS) is 34.0. The highest BCUT2D eigenvalue weighted by atomic mass is 16.1. The van der Waals surface area contributed by atoms with Crippen LogP contribution in [0.4, 0.5) is 0 Å². The van der Waals surface area contributed by atoms with Crippen LogP contribution in [0.3, 0.4) is 0 Å². The van der Waals surface area contributed by atoms with E-state index < -0.39 is 0 Å². The number of nitrogens with zero attached hydrogens (tertiary/aromatic N) is 1. The van der Waals surface area contributed by atoms with Gasteiger partial charge in [0.25, 0.3) is 0 Å². The van der Waals surface area contributed by atoms with Crippen LogP contribution in [0.5, 0.6) is 0 Å². The lowest BCUT2D eigenvalue weighted by Gasteiger charge is -2.35. The van der Waals surface area contributed by atoms with Crippen molar-refractivity contribution in [3.05, 3.63) is 0 Å². The first-order valence-electron chi connectivity index (χ1n) is 3.98. The molecule has 0 aromatic rings. The Kier molecular flexibility index (Phi) is 2.30. The predicted molar refractivity (Wildman–Crippen MR) is 40.7 cm³/mol. The second-order valence-electron chi connectivity index (χ2n) is 3.18. The van der Waals surface area contributed by atoms with Crippen LogP contribution in [0.2, 0.25) is 0 Å². The summed E-state index contributed by atoms with van der Waals surface area (Å²) < 4.78 is 0. The van der Waals surface area contributed by atoms with E-state index in [2.05, 4.69) is 13.8 Å². The standard InChI is InChI=1S/C8H15NO/c1-7-4-3-5-8(2)9(7)6-10/h6-8H,3-5H2,1-2H3/t7-,8+. The lowest BCUT2D eigenvalue weighted by Crippen LogP contribution is -2.42. The van der Waals surface area contributed by atoms with Gasteiger partial charge in [0.05, 0.1) is 0 Å². The van der Waals surface area contributed by atoms with Crippen LogP contribution in [-0.4, -0.2) is 23.4 Å². The third kappa shape index (κ3) is 1.31. The van der Waals surface area contributed by atoms with Gasteiger partial charge in [0, 0.05) is 12.1 Å². The molecule has 1 heterocycles. The van der Waals surface area contributed by atoms with Gasteiger partial charge < -0.3 is 4.90 Å². The molecule has 1 saturated heterocycles. The maximum Gasteiger partial charge on any atom is 0.210 e. The number of piperidine rings is 1. The minimum absolute atomic E-state index is 0.459. The van der Waals surface area contributed by atoms with Crippen molar-refractivity contribution in [2.75, 3.05) is 0 Å². The zero-order valence-corrected chi connectivity index (χ0v) is 6.71. The Morgan fingerprint density at radius 2 is 1.80 bits per heavy atom. The number of rotatable bonds is 1. The van der Waals surface area contributed by atoms with E-state index in [0.717, 1.165) is 6.41 Å². The molecule has 0 aromatic carbocycles. The third-order valence-corrected chi connectivity index (χ3v) is 2.38. The van der Waals surface area contributed by atoms with Crippen LogP contribution >= 0.6 is 0 Å². The minimum atomic E-state index is 0.459. The fourth-order valence-electron chi connectivity index (χ4n) is 1.65. The van der Waals surface area contributed by atoms with Gasteiger partial charge in [0.2, 0.25) is 6.41 Å². The minimum Gasteiger partial charge on any atom is -0.340 e. The fraction of sp³-hybridized carbons (Fsp3) is 0.875. The average molecular weight is 141 g/mol. The third-order valence-electron chi connectivity index (χ3n) is 2.38. The number of likely N-dealkylation sites (tertiary alicyclic amines) is 1. The van der Waals surface area contributed by atoms with E-state index in [1.165, 1.54) is 19.3 Å². The molecule has 1 fully saturated rings. The number of carbonyl (C=O) groups excluding carboxylic acids is 1. The van der Waals surface area contributed by atoms with E-state index in [4.69, 9.17) is 0 Å². The van der Waals surface area contributed by atoms with E-state index >= 15 is 0 Å². The summed E-state index contributed by atoms with van der Waals surface area (Å²) in [5.41, 5.74) is 0. The van der Waals surface area contributed by atoms with Gasteiger partial charge >= 0.3 is 0 Å². The van der Waals surface area contributed by atoms with E-state index in [1.807, 2.05) is 4.90 Å². The van der Waals surface area contributed by atoms with Gasteiger partial charge in [0.15, 0.2) is 0 Å². The SMILES string of the molecule is C[C@@H]1CCC[C@H](C)N1C=O. The van der Waals surface area contributed by atoms with Crippen molar-refractivity contribution in [1.29, 1.82) is 0 Å². The smallest absolute Gasteiger partial charge is 0.210 e. The molecular formula is C8H15NO. The fourth-order valence-corrected chi connectivity index (χ4v) is 1.65. The molecule has 0 unspecified atom stereocenters. The van der Waals surface area contributed by atoms with Gasteiger partial charge in [-0.1, -0.05) is 0 Å². The van der Waals surface area contributed by atoms with Crippen LogP contribution < -0.4 is 0 Å². The van der Waals surface area contributed by atoms with Crippen molar-refractivity contribution in [1.82, 2.24) is 4.90 Å². The van der Waals surface area contributed by atoms with Crippen LogP contribution in [0.15, 0.2) is 0 Å². The molecule has 1 aliphatic rings. The number of hydrogen-bond acceptors (Lipinski definition) is 1. The Balaban J connectivity index is 2.53. The average Bonchev–Trinajstić information content (AvgIpc) is 1.88. The summed E-state index contributed by atoms with van der Waals surface area (Å²) in [6, 6.07) is 0.919. The molecule has 2 atom stereocenters. The molecule has 58 valence electrons. The highest BCUT2D eigenvalue weighted by molar-refractivity contribution is 5.48. The first-order chi connectivity index (χ1) is 4.75. The molecule has 0 aliphatic carbocycles. The summed E-state index contributed by atoms with van der Waals surface area (Å²) in [4.78, 5) is 12.4. The molecule has 2 nitrogen and oxygen atoms in total. The van der Waals surface area contributed by atoms with Gasteiger partial charge in [-0.05, 0) is 33.1 Å². The van der Waals surface area contributed by atoms with Crippen molar-refractivity contribution < 1.29 is 4.79 Å². The van der Waals surface area contributed by atoms with Crippen LogP contribution in [0.25, 0.3) is 0 Å². The molecular weight excluding hydrogens is 126 g/mol. The molecule has 0 N–H and O–H groups in total. The molecule has 1 aliphatic heterocycles. The zero-order valence-electron chi connectivity index (χ0n) is 6.71. The largest absolute Gasteiger partial charge is 0.340 e. The van der Waals surface area contributed by atoms with Crippen molar-refractivity contribution >= 4 is 6.41 Å². The molecule has 1 amide bonds. The number of amides is 1. The molecule has 0 radical (unpaired) electrons. The van der Waals surface area contributed by atoms with Crippen molar-refractivity contribution in [2.24, 2.45) is 0 Å². The van der Waals surface area contributed by atoms with Crippen molar-refractivity contribution in [3.8, 4) is 0 Å². The van der Waals surface area contributed by atoms with Crippen molar-refractivity contribution in [3.63, 3.8) is 0 Å². The highest BCUT2D eigenvalue weighted by Gasteiger charge is 2.22. The Morgan fingerprint density at radius 3 is 2.10 bits per heavy atom. The van der Waals surface area contributed by atoms with Crippen LogP contribution in [0.1, 0.15) is 33.1 Å². The Hall–Kier alpha value is -0.530. The second kappa shape index (κ2) is 3.04. The molecule has 0 aromatic heterocycles. The maximum absolute atomic E-state index is 10.5. The first kappa shape index (κ1) is 7.58. The lowest BCUT2D eigenvalue weighted by atomic mass is 9.99. The Bertz CT molecular complexity index is 114. The van der Waals surface area contributed by atoms with Gasteiger partial charge in [-0.15, -0.1) is 0 Å². The van der Waals surface area contributed by atoms with E-state index in [9.17, 15) is 4.79 Å². The van der Waals surface area contributed by atoms with E-state index in [1.54, 1.807) is 0 Å². The molecule has 10 heavy (non-hydrogen) atoms. The molecule has 0 spiro atoms. The van der Waals surface area contributed by atoms with Crippen LogP contribution in [0, 0.1) is 0 Å². The summed E-state index contributed by atoms with van der Waals surface area (Å²) in [5.74, 6) is 0. The predicted octanol–water partition coefficient (Wildman–Crippen LogP) is 1.41. The topological polar surface area (TPSA) is 20.3 Å². The summed E-state index contributed by atoms with van der Waals surface area (Å²) in [7, 11) is 0. The monoisotopic (exact) mass is 141 g/mol. The zero-order chi connectivity index (χ0) is 7.56. The summed E-state index contributed by atoms with van der Waals surface area (Å²) in [6.07, 6.45) is 4.59. The molecule has 1 rings (SSSR count). The summed E-state index contributed by atoms with van der Waals surface area (Å²) in [6.45, 7) is 4.23. The molecule has 2 heteroatoms. The highest BCUT2D eigenvalue weighted by Crippen LogP contribution is 2.19. The number of hydrogen-bond donors (Lipinski definition) is 0. The van der Waals surface area contributed by atoms with Gasteiger partial charge in [0.1, 0.15) is 0 Å². The lowest BCUT2D eigenvalue weighted by molar-refractivity contribution is -0.123. The quantitative estimate of drug-likeness (QED) is 0.505. The Morgan fingerprint density at radius 1 is 1.30 bits per heavy atom. The van der Waals surface area contributed by atoms with Gasteiger partial charge in [-0.25, -0.2) is 0 Å². The first-order valence-corrected chi connectivity index (χ1v) is 3.98. The number of carbonyl (C=O) groups is 1. The molecule has 0 bridgehead atoms. The van der Waals surface area contributed by atoms with E-state index in [0.29, 0.717) is 12.1 Å². The van der Waals surface area contributed by atoms with E-state index in [-0.39, 0.29) is 0 Å². The summed E-state index contributed by atoms with van der Waals surface area (Å²) in [5, 5.41) is 0. The van der Waals surface area contributed by atoms with Crippen molar-refractivity contribution in [2.45, 2.75) is 45.2 Å². The second-order valence-corrected chi connectivity index (χ2v) is 3.18. The molecule has 0 saturated carbocycles. The summed E-state index contributed by atoms with van der Waals surface area (Å²) >= 11 is 0. The van der Waals surface area contributed by atoms with Gasteiger partial charge in [-0.3, -0.25) is 4.79 Å². The van der Waals surface area contributed by atoms with Gasteiger partial charge in [-0.2, -0.15) is 0 Å². The maximum atomic E-state index is 10.5. The van der Waals surface area contributed by atoms with Crippen LogP contribution in [-0.2, 0) is 4.79 Å². The Labute approximate surface area is 62.2 Å².